The Morgan fingerprint density at radius 2 is 2.35 bits per heavy atom. The number of ether oxygens (including phenoxy) is 1. The molecule has 7 heteroatoms. The molecule has 6 nitrogen and oxygen atoms in total. The zero-order valence-electron chi connectivity index (χ0n) is 9.20. The first kappa shape index (κ1) is 11.2. The van der Waals surface area contributed by atoms with Crippen LogP contribution < -0.4 is 15.8 Å². The minimum atomic E-state index is -0.347. The Kier molecular flexibility index (Phi) is 3.08. The molecule has 2 rings (SSSR count). The van der Waals surface area contributed by atoms with Gasteiger partial charge in [0, 0.05) is 18.2 Å². The first-order valence-electron chi connectivity index (χ1n) is 4.93. The molecule has 0 fully saturated rings. The van der Waals surface area contributed by atoms with Crippen molar-refractivity contribution in [2.75, 3.05) is 18.2 Å². The molecule has 0 aliphatic carbocycles. The summed E-state index contributed by atoms with van der Waals surface area (Å²) >= 11 is 0. The van der Waals surface area contributed by atoms with Gasteiger partial charge in [0.05, 0.1) is 7.11 Å². The lowest BCUT2D eigenvalue weighted by Gasteiger charge is -2.05. The van der Waals surface area contributed by atoms with E-state index in [1.807, 2.05) is 0 Å². The average molecular weight is 237 g/mol. The molecule has 0 saturated heterocycles. The molecule has 0 spiro atoms. The number of nitrogens with two attached hydrogens (primary N) is 1. The average Bonchev–Trinajstić information content (AvgIpc) is 2.73. The Labute approximate surface area is 97.0 Å². The molecule has 1 aromatic heterocycles. The van der Waals surface area contributed by atoms with E-state index in [1.165, 1.54) is 13.2 Å². The number of rotatable bonds is 4. The van der Waals surface area contributed by atoms with Gasteiger partial charge in [0.1, 0.15) is 11.6 Å². The molecule has 0 amide bonds. The monoisotopic (exact) mass is 237 g/mol. The van der Waals surface area contributed by atoms with Gasteiger partial charge in [-0.25, -0.2) is 9.49 Å². The van der Waals surface area contributed by atoms with E-state index < -0.39 is 0 Å². The number of anilines is 2. The van der Waals surface area contributed by atoms with Crippen LogP contribution >= 0.6 is 0 Å². The summed E-state index contributed by atoms with van der Waals surface area (Å²) in [5.74, 6) is 0.675. The van der Waals surface area contributed by atoms with E-state index in [4.69, 9.17) is 10.5 Å². The Morgan fingerprint density at radius 1 is 1.53 bits per heavy atom. The molecular weight excluding hydrogens is 225 g/mol. The highest BCUT2D eigenvalue weighted by atomic mass is 19.1. The number of methoxy groups -OCH3 is 1. The van der Waals surface area contributed by atoms with Crippen LogP contribution in [0.5, 0.6) is 5.75 Å². The Morgan fingerprint density at radius 3 is 2.94 bits per heavy atom. The summed E-state index contributed by atoms with van der Waals surface area (Å²) in [5.41, 5.74) is 5.85. The maximum Gasteiger partial charge on any atom is 0.243 e. The quantitative estimate of drug-likeness (QED) is 0.742. The third kappa shape index (κ3) is 2.63. The van der Waals surface area contributed by atoms with Gasteiger partial charge in [-0.1, -0.05) is 6.07 Å². The van der Waals surface area contributed by atoms with Crippen molar-refractivity contribution in [2.24, 2.45) is 0 Å². The largest absolute Gasteiger partial charge is 0.497 e. The summed E-state index contributed by atoms with van der Waals surface area (Å²) < 4.78 is 18.5. The first-order chi connectivity index (χ1) is 8.19. The van der Waals surface area contributed by atoms with Crippen molar-refractivity contribution in [1.82, 2.24) is 15.2 Å². The molecule has 0 aliphatic heterocycles. The van der Waals surface area contributed by atoms with Gasteiger partial charge in [-0.05, 0) is 6.07 Å². The maximum absolute atomic E-state index is 13.6. The molecule has 0 bridgehead atoms. The van der Waals surface area contributed by atoms with Crippen LogP contribution in [-0.2, 0) is 6.54 Å². The van der Waals surface area contributed by atoms with E-state index in [9.17, 15) is 4.39 Å². The fraction of sp³-hybridized carbons (Fsp3) is 0.200. The number of hydrogen-bond acceptors (Lipinski definition) is 5. The van der Waals surface area contributed by atoms with E-state index in [-0.39, 0.29) is 18.3 Å². The van der Waals surface area contributed by atoms with Crippen LogP contribution in [0.15, 0.2) is 18.2 Å². The van der Waals surface area contributed by atoms with Crippen molar-refractivity contribution in [3.63, 3.8) is 0 Å². The molecule has 1 heterocycles. The molecule has 17 heavy (non-hydrogen) atoms. The fourth-order valence-electron chi connectivity index (χ4n) is 1.33. The molecule has 0 radical (unpaired) electrons. The smallest absolute Gasteiger partial charge is 0.243 e. The number of benzene rings is 1. The van der Waals surface area contributed by atoms with Crippen LogP contribution in [0.2, 0.25) is 0 Å². The molecule has 0 unspecified atom stereocenters. The molecule has 0 atom stereocenters. The summed E-state index contributed by atoms with van der Waals surface area (Å²) in [5, 5.41) is 9.10. The summed E-state index contributed by atoms with van der Waals surface area (Å²) in [6, 6.07) is 4.65. The number of nitrogen functional groups attached to an aromatic ring is 1. The first-order valence-corrected chi connectivity index (χ1v) is 4.93. The van der Waals surface area contributed by atoms with E-state index in [1.54, 1.807) is 12.1 Å². The fourth-order valence-corrected chi connectivity index (χ4v) is 1.33. The minimum Gasteiger partial charge on any atom is -0.497 e. The highest BCUT2D eigenvalue weighted by Gasteiger charge is 2.05. The number of halogens is 1. The second-order valence-electron chi connectivity index (χ2n) is 3.36. The van der Waals surface area contributed by atoms with E-state index in [2.05, 4.69) is 20.5 Å². The van der Waals surface area contributed by atoms with Crippen LogP contribution in [-0.4, -0.2) is 22.3 Å². The highest BCUT2D eigenvalue weighted by Crippen LogP contribution is 2.16. The third-order valence-corrected chi connectivity index (χ3v) is 2.20. The van der Waals surface area contributed by atoms with Crippen molar-refractivity contribution in [1.29, 1.82) is 0 Å². The predicted octanol–water partition coefficient (Wildman–Crippen LogP) is 1.15. The number of H-pyrrole nitrogens is 1. The summed E-state index contributed by atoms with van der Waals surface area (Å²) in [7, 11) is 1.49. The van der Waals surface area contributed by atoms with Gasteiger partial charge in [0.25, 0.3) is 0 Å². The van der Waals surface area contributed by atoms with Gasteiger partial charge >= 0.3 is 0 Å². The van der Waals surface area contributed by atoms with Gasteiger partial charge in [0.15, 0.2) is 0 Å². The second kappa shape index (κ2) is 4.69. The van der Waals surface area contributed by atoms with Crippen LogP contribution in [0.4, 0.5) is 16.3 Å². The van der Waals surface area contributed by atoms with Crippen LogP contribution in [0.25, 0.3) is 0 Å². The van der Waals surface area contributed by atoms with E-state index in [0.29, 0.717) is 17.3 Å². The van der Waals surface area contributed by atoms with Crippen molar-refractivity contribution >= 4 is 11.9 Å². The summed E-state index contributed by atoms with van der Waals surface area (Å²) in [6.07, 6.45) is 0. The van der Waals surface area contributed by atoms with Gasteiger partial charge in [-0.15, -0.1) is 5.10 Å². The van der Waals surface area contributed by atoms with Gasteiger partial charge < -0.3 is 15.8 Å². The molecule has 4 N–H and O–H groups in total. The van der Waals surface area contributed by atoms with Crippen molar-refractivity contribution in [2.45, 2.75) is 6.54 Å². The third-order valence-electron chi connectivity index (χ3n) is 2.20. The van der Waals surface area contributed by atoms with E-state index >= 15 is 0 Å². The highest BCUT2D eigenvalue weighted by molar-refractivity contribution is 5.34. The van der Waals surface area contributed by atoms with Crippen molar-refractivity contribution in [3.8, 4) is 5.75 Å². The lowest BCUT2D eigenvalue weighted by Crippen LogP contribution is -2.03. The number of aromatic nitrogens is 3. The van der Waals surface area contributed by atoms with Gasteiger partial charge in [-0.3, -0.25) is 0 Å². The normalized spacial score (nSPS) is 10.2. The van der Waals surface area contributed by atoms with Crippen LogP contribution in [0.3, 0.4) is 0 Å². The zero-order valence-corrected chi connectivity index (χ0v) is 9.20. The van der Waals surface area contributed by atoms with E-state index in [0.717, 1.165) is 0 Å². The lowest BCUT2D eigenvalue weighted by molar-refractivity contribution is 0.411. The standard InChI is InChI=1S/C10H12FN5O/c1-17-7-3-2-6(8(11)4-7)5-13-10-14-9(12)15-16-10/h2-4H,5H2,1H3,(H4,12,13,14,15,16). The topological polar surface area (TPSA) is 88.8 Å². The lowest BCUT2D eigenvalue weighted by atomic mass is 10.2. The number of nitrogens with one attached hydrogen (secondary N) is 2. The van der Waals surface area contributed by atoms with Crippen molar-refractivity contribution < 1.29 is 9.13 Å². The van der Waals surface area contributed by atoms with Gasteiger partial charge in [0.2, 0.25) is 11.9 Å². The molecule has 0 saturated carbocycles. The molecule has 90 valence electrons. The maximum atomic E-state index is 13.6. The van der Waals surface area contributed by atoms with Gasteiger partial charge in [-0.2, -0.15) is 4.98 Å². The van der Waals surface area contributed by atoms with Crippen LogP contribution in [0.1, 0.15) is 5.56 Å². The Bertz CT molecular complexity index is 513. The molecule has 1 aromatic carbocycles. The van der Waals surface area contributed by atoms with Crippen molar-refractivity contribution in [3.05, 3.63) is 29.6 Å². The Hall–Kier alpha value is -2.31. The Balaban J connectivity index is 2.04. The number of hydrogen-bond donors (Lipinski definition) is 3. The second-order valence-corrected chi connectivity index (χ2v) is 3.36. The number of nitrogens with zero attached hydrogens (tertiary/aromatic N) is 2. The summed E-state index contributed by atoms with van der Waals surface area (Å²) in [4.78, 5) is 3.84. The molecule has 0 aliphatic rings. The predicted molar refractivity (Wildman–Crippen MR) is 61.1 cm³/mol. The van der Waals surface area contributed by atoms with Crippen LogP contribution in [0, 0.1) is 5.82 Å². The minimum absolute atomic E-state index is 0.211. The zero-order chi connectivity index (χ0) is 12.3. The summed E-state index contributed by atoms with van der Waals surface area (Å²) in [6.45, 7) is 0.271. The molecular formula is C10H12FN5O. The SMILES string of the molecule is COc1ccc(CNc2n[nH]c(N)n2)c(F)c1. The number of aromatic amines is 1. The molecule has 2 aromatic rings.